The molecule has 1 aliphatic heterocycles. The number of cyclic esters (lactones) is 1. The van der Waals surface area contributed by atoms with E-state index in [9.17, 15) is 24.3 Å². The second-order valence-electron chi connectivity index (χ2n) is 8.91. The molecule has 192 valence electrons. The molecule has 2 fully saturated rings. The number of anilines is 2. The topological polar surface area (TPSA) is 151 Å². The van der Waals surface area contributed by atoms with Crippen molar-refractivity contribution in [1.82, 2.24) is 9.88 Å². The lowest BCUT2D eigenvalue weighted by atomic mass is 9.84. The smallest absolute Gasteiger partial charge is 0.410 e. The van der Waals surface area contributed by atoms with E-state index in [4.69, 9.17) is 20.8 Å². The van der Waals surface area contributed by atoms with Crippen LogP contribution in [0.25, 0.3) is 11.0 Å². The molecule has 12 heteroatoms. The predicted octanol–water partition coefficient (Wildman–Crippen LogP) is 4.38. The number of halogens is 1. The van der Waals surface area contributed by atoms with Crippen LogP contribution in [-0.4, -0.2) is 58.1 Å². The van der Waals surface area contributed by atoms with Gasteiger partial charge < -0.3 is 29.8 Å². The highest BCUT2D eigenvalue weighted by molar-refractivity contribution is 6.30. The summed E-state index contributed by atoms with van der Waals surface area (Å²) >= 11 is 5.85. The average Bonchev–Trinajstić information content (AvgIpc) is 3.49. The molecule has 37 heavy (non-hydrogen) atoms. The van der Waals surface area contributed by atoms with Crippen LogP contribution in [0.15, 0.2) is 40.9 Å². The van der Waals surface area contributed by atoms with Crippen LogP contribution in [0.1, 0.15) is 46.6 Å². The highest BCUT2D eigenvalue weighted by Crippen LogP contribution is 2.36. The SMILES string of the molecule is O=C(Nc1ccc(Cl)cn1)c1oc2cccc(C(=O)O)c2c1NC(=O)[C@H]1CC[C@H](N2CCOC2=O)CC1. The fraction of sp³-hybridized carbons (Fsp3) is 0.320. The maximum atomic E-state index is 13.3. The third kappa shape index (κ3) is 4.94. The minimum absolute atomic E-state index is 0.0145. The number of carbonyl (C=O) groups excluding carboxylic acids is 3. The molecule has 0 radical (unpaired) electrons. The van der Waals surface area contributed by atoms with Gasteiger partial charge in [-0.2, -0.15) is 0 Å². The van der Waals surface area contributed by atoms with Gasteiger partial charge in [0, 0.05) is 18.2 Å². The first-order valence-corrected chi connectivity index (χ1v) is 12.2. The second kappa shape index (κ2) is 10.1. The molecule has 1 aliphatic carbocycles. The summed E-state index contributed by atoms with van der Waals surface area (Å²) in [5, 5.41) is 15.6. The number of nitrogens with zero attached hydrogens (tertiary/aromatic N) is 2. The Kier molecular flexibility index (Phi) is 6.70. The molecule has 5 rings (SSSR count). The summed E-state index contributed by atoms with van der Waals surface area (Å²) in [6, 6.07) is 7.45. The molecule has 0 atom stereocenters. The lowest BCUT2D eigenvalue weighted by molar-refractivity contribution is -0.121. The standard InChI is InChI=1S/C25H23ClN4O7/c26-14-6-9-18(27-12-14)28-23(32)21-20(19-16(24(33)34)2-1-3-17(19)37-21)29-22(31)13-4-7-15(8-5-13)30-10-11-36-25(30)35/h1-3,6,9,12-13,15H,4-5,7-8,10-11H2,(H,29,31)(H,33,34)(H,27,28,32)/t13-,15-. The van der Waals surface area contributed by atoms with Gasteiger partial charge in [0.25, 0.3) is 5.91 Å². The zero-order chi connectivity index (χ0) is 26.1. The van der Waals surface area contributed by atoms with Crippen molar-refractivity contribution in [2.24, 2.45) is 5.92 Å². The van der Waals surface area contributed by atoms with E-state index < -0.39 is 11.9 Å². The van der Waals surface area contributed by atoms with Crippen molar-refractivity contribution >= 4 is 58.0 Å². The zero-order valence-corrected chi connectivity index (χ0v) is 20.3. The maximum Gasteiger partial charge on any atom is 0.410 e. The van der Waals surface area contributed by atoms with Crippen molar-refractivity contribution in [1.29, 1.82) is 0 Å². The minimum Gasteiger partial charge on any atom is -0.478 e. The van der Waals surface area contributed by atoms with E-state index in [0.29, 0.717) is 43.9 Å². The zero-order valence-electron chi connectivity index (χ0n) is 19.5. The summed E-state index contributed by atoms with van der Waals surface area (Å²) in [5.74, 6) is -2.73. The molecule has 11 nitrogen and oxygen atoms in total. The molecule has 2 aromatic heterocycles. The number of furan rings is 1. The Balaban J connectivity index is 1.40. The first-order valence-electron chi connectivity index (χ1n) is 11.8. The summed E-state index contributed by atoms with van der Waals surface area (Å²) in [6.07, 6.45) is 3.35. The molecule has 3 N–H and O–H groups in total. The van der Waals surface area contributed by atoms with E-state index in [1.165, 1.54) is 30.5 Å². The highest BCUT2D eigenvalue weighted by atomic mass is 35.5. The number of nitrogens with one attached hydrogen (secondary N) is 2. The van der Waals surface area contributed by atoms with Gasteiger partial charge in [0.05, 0.1) is 22.5 Å². The highest BCUT2D eigenvalue weighted by Gasteiger charge is 2.35. The Morgan fingerprint density at radius 3 is 2.51 bits per heavy atom. The predicted molar refractivity (Wildman–Crippen MR) is 133 cm³/mol. The van der Waals surface area contributed by atoms with Gasteiger partial charge >= 0.3 is 12.1 Å². The van der Waals surface area contributed by atoms with Crippen LogP contribution in [0.5, 0.6) is 0 Å². The Labute approximate surface area is 215 Å². The van der Waals surface area contributed by atoms with Crippen molar-refractivity contribution in [3.05, 3.63) is 52.9 Å². The molecule has 0 spiro atoms. The number of hydrogen-bond donors (Lipinski definition) is 3. The van der Waals surface area contributed by atoms with E-state index in [0.717, 1.165) is 0 Å². The first-order chi connectivity index (χ1) is 17.8. The third-order valence-corrected chi connectivity index (χ3v) is 6.89. The lowest BCUT2D eigenvalue weighted by Gasteiger charge is -2.32. The average molecular weight is 527 g/mol. The number of carbonyl (C=O) groups is 4. The summed E-state index contributed by atoms with van der Waals surface area (Å²) in [5.41, 5.74) is 0.00634. The fourth-order valence-corrected chi connectivity index (χ4v) is 4.95. The van der Waals surface area contributed by atoms with Crippen LogP contribution >= 0.6 is 11.6 Å². The summed E-state index contributed by atoms with van der Waals surface area (Å²) in [6.45, 7) is 0.912. The van der Waals surface area contributed by atoms with Gasteiger partial charge in [0.2, 0.25) is 11.7 Å². The molecule has 1 aromatic carbocycles. The van der Waals surface area contributed by atoms with Crippen molar-refractivity contribution in [3.8, 4) is 0 Å². The van der Waals surface area contributed by atoms with Gasteiger partial charge in [-0.25, -0.2) is 14.6 Å². The lowest BCUT2D eigenvalue weighted by Crippen LogP contribution is -2.40. The maximum absolute atomic E-state index is 13.3. The Bertz CT molecular complexity index is 1380. The van der Waals surface area contributed by atoms with Gasteiger partial charge in [-0.3, -0.25) is 9.59 Å². The number of fused-ring (bicyclic) bond motifs is 1. The molecular weight excluding hydrogens is 504 g/mol. The number of hydrogen-bond acceptors (Lipinski definition) is 7. The van der Waals surface area contributed by atoms with E-state index in [1.54, 1.807) is 11.0 Å². The summed E-state index contributed by atoms with van der Waals surface area (Å²) in [4.78, 5) is 55.9. The van der Waals surface area contributed by atoms with Crippen molar-refractivity contribution < 1.29 is 33.4 Å². The first kappa shape index (κ1) is 24.6. The van der Waals surface area contributed by atoms with E-state index in [-0.39, 0.29) is 57.8 Å². The van der Waals surface area contributed by atoms with Crippen molar-refractivity contribution in [2.75, 3.05) is 23.8 Å². The molecule has 3 aromatic rings. The number of pyridine rings is 1. The van der Waals surface area contributed by atoms with Gasteiger partial charge in [-0.1, -0.05) is 17.7 Å². The number of aromatic nitrogens is 1. The van der Waals surface area contributed by atoms with Crippen LogP contribution in [0.4, 0.5) is 16.3 Å². The quantitative estimate of drug-likeness (QED) is 0.428. The monoisotopic (exact) mass is 526 g/mol. The summed E-state index contributed by atoms with van der Waals surface area (Å²) < 4.78 is 10.7. The van der Waals surface area contributed by atoms with Crippen LogP contribution in [0.3, 0.4) is 0 Å². The fourth-order valence-electron chi connectivity index (χ4n) is 4.84. The number of ether oxygens (including phenoxy) is 1. The van der Waals surface area contributed by atoms with Gasteiger partial charge in [0.1, 0.15) is 23.7 Å². The molecule has 1 saturated heterocycles. The van der Waals surface area contributed by atoms with Gasteiger partial charge in [0.15, 0.2) is 0 Å². The normalized spacial score (nSPS) is 19.5. The molecule has 3 heterocycles. The van der Waals surface area contributed by atoms with Gasteiger partial charge in [-0.05, 0) is 49.9 Å². The number of aromatic carboxylic acids is 1. The van der Waals surface area contributed by atoms with Crippen LogP contribution in [0.2, 0.25) is 5.02 Å². The number of benzene rings is 1. The van der Waals surface area contributed by atoms with E-state index >= 15 is 0 Å². The van der Waals surface area contributed by atoms with Gasteiger partial charge in [-0.15, -0.1) is 0 Å². The van der Waals surface area contributed by atoms with E-state index in [2.05, 4.69) is 15.6 Å². The second-order valence-corrected chi connectivity index (χ2v) is 9.34. The number of carboxylic acid groups (broad SMARTS) is 1. The van der Waals surface area contributed by atoms with Crippen LogP contribution in [-0.2, 0) is 9.53 Å². The molecule has 0 unspecified atom stereocenters. The number of amides is 3. The number of rotatable bonds is 6. The Hall–Kier alpha value is -4.12. The molecular formula is C25H23ClN4O7. The third-order valence-electron chi connectivity index (χ3n) is 6.67. The molecule has 3 amide bonds. The van der Waals surface area contributed by atoms with Crippen molar-refractivity contribution in [3.63, 3.8) is 0 Å². The van der Waals surface area contributed by atoms with E-state index in [1.807, 2.05) is 0 Å². The number of carboxylic acids is 1. The molecule has 2 aliphatic rings. The summed E-state index contributed by atoms with van der Waals surface area (Å²) in [7, 11) is 0. The van der Waals surface area contributed by atoms with Crippen LogP contribution < -0.4 is 10.6 Å². The van der Waals surface area contributed by atoms with Crippen LogP contribution in [0, 0.1) is 5.92 Å². The largest absolute Gasteiger partial charge is 0.478 e. The van der Waals surface area contributed by atoms with Crippen molar-refractivity contribution in [2.45, 2.75) is 31.7 Å². The molecule has 1 saturated carbocycles. The Morgan fingerprint density at radius 1 is 1.08 bits per heavy atom. The molecule has 0 bridgehead atoms. The minimum atomic E-state index is -1.23. The Morgan fingerprint density at radius 2 is 1.86 bits per heavy atom.